The van der Waals surface area contributed by atoms with Crippen LogP contribution in [-0.4, -0.2) is 46.5 Å². The number of carbonyl (C=O) groups excluding carboxylic acids is 1. The van der Waals surface area contributed by atoms with Gasteiger partial charge >= 0.3 is 0 Å². The number of piperidine rings is 3. The van der Waals surface area contributed by atoms with Crippen LogP contribution < -0.4 is 5.32 Å². The van der Waals surface area contributed by atoms with Crippen molar-refractivity contribution in [1.29, 1.82) is 0 Å². The monoisotopic (exact) mass is 332 g/mol. The summed E-state index contributed by atoms with van der Waals surface area (Å²) in [5.41, 5.74) is 0.194. The molecule has 0 saturated carbocycles. The molecule has 0 aromatic carbocycles. The van der Waals surface area contributed by atoms with Gasteiger partial charge < -0.3 is 10.2 Å². The Bertz CT molecular complexity index is 726. The molecular weight excluding hydrogens is 315 g/mol. The van der Waals surface area contributed by atoms with Crippen LogP contribution in [0, 0.1) is 11.7 Å². The fourth-order valence-electron chi connectivity index (χ4n) is 3.40. The Hall–Kier alpha value is -1.86. The molecule has 3 fully saturated rings. The second-order valence-electron chi connectivity index (χ2n) is 6.08. The third-order valence-electron chi connectivity index (χ3n) is 4.66. The number of thiazole rings is 1. The normalized spacial score (nSPS) is 26.2. The molecule has 2 aromatic rings. The summed E-state index contributed by atoms with van der Waals surface area (Å²) in [7, 11) is 0. The van der Waals surface area contributed by atoms with Crippen LogP contribution in [0.1, 0.15) is 22.5 Å². The zero-order valence-corrected chi connectivity index (χ0v) is 13.4. The Labute approximate surface area is 137 Å². The van der Waals surface area contributed by atoms with Crippen LogP contribution in [0.5, 0.6) is 0 Å². The summed E-state index contributed by atoms with van der Waals surface area (Å²) in [6, 6.07) is 3.09. The first-order valence-electron chi connectivity index (χ1n) is 7.80. The van der Waals surface area contributed by atoms with Gasteiger partial charge in [0, 0.05) is 18.8 Å². The van der Waals surface area contributed by atoms with E-state index in [1.165, 1.54) is 35.9 Å². The SMILES string of the molecule is O=C(N[C@H]1CN2CCC1CC2)c1cnc(-c2ncccc2F)s1. The molecule has 5 heterocycles. The second-order valence-corrected chi connectivity index (χ2v) is 7.11. The number of nitrogens with one attached hydrogen (secondary N) is 1. The van der Waals surface area contributed by atoms with Crippen molar-refractivity contribution < 1.29 is 9.18 Å². The van der Waals surface area contributed by atoms with E-state index in [0.717, 1.165) is 32.5 Å². The predicted octanol–water partition coefficient (Wildman–Crippen LogP) is 2.17. The highest BCUT2D eigenvalue weighted by Gasteiger charge is 2.35. The van der Waals surface area contributed by atoms with Gasteiger partial charge in [0.2, 0.25) is 0 Å². The lowest BCUT2D eigenvalue weighted by atomic mass is 9.84. The number of rotatable bonds is 3. The van der Waals surface area contributed by atoms with Crippen molar-refractivity contribution in [3.8, 4) is 10.7 Å². The first-order valence-corrected chi connectivity index (χ1v) is 8.62. The summed E-state index contributed by atoms with van der Waals surface area (Å²) in [6.07, 6.45) is 5.33. The van der Waals surface area contributed by atoms with E-state index in [9.17, 15) is 9.18 Å². The number of hydrogen-bond donors (Lipinski definition) is 1. The largest absolute Gasteiger partial charge is 0.347 e. The number of fused-ring (bicyclic) bond motifs is 3. The van der Waals surface area contributed by atoms with E-state index in [1.807, 2.05) is 0 Å². The van der Waals surface area contributed by atoms with E-state index >= 15 is 0 Å². The number of nitrogens with zero attached hydrogens (tertiary/aromatic N) is 3. The molecule has 1 N–H and O–H groups in total. The molecule has 1 atom stereocenters. The predicted molar refractivity (Wildman–Crippen MR) is 85.7 cm³/mol. The van der Waals surface area contributed by atoms with E-state index < -0.39 is 5.82 Å². The van der Waals surface area contributed by atoms with E-state index in [4.69, 9.17) is 0 Å². The van der Waals surface area contributed by atoms with Crippen LogP contribution in [0.4, 0.5) is 4.39 Å². The molecule has 0 spiro atoms. The number of amides is 1. The zero-order chi connectivity index (χ0) is 15.8. The molecule has 0 radical (unpaired) electrons. The summed E-state index contributed by atoms with van der Waals surface area (Å²) in [4.78, 5) is 23.5. The molecule has 5 nitrogen and oxygen atoms in total. The molecule has 120 valence electrons. The van der Waals surface area contributed by atoms with Crippen molar-refractivity contribution >= 4 is 17.2 Å². The number of pyridine rings is 1. The molecule has 0 unspecified atom stereocenters. The first-order chi connectivity index (χ1) is 11.2. The highest BCUT2D eigenvalue weighted by molar-refractivity contribution is 7.16. The van der Waals surface area contributed by atoms with Crippen LogP contribution in [0.15, 0.2) is 24.5 Å². The van der Waals surface area contributed by atoms with Gasteiger partial charge in [0.15, 0.2) is 5.82 Å². The van der Waals surface area contributed by atoms with Gasteiger partial charge in [-0.15, -0.1) is 11.3 Å². The molecule has 7 heteroatoms. The van der Waals surface area contributed by atoms with Gasteiger partial charge in [0.05, 0.1) is 6.20 Å². The number of hydrogen-bond acceptors (Lipinski definition) is 5. The fourth-order valence-corrected chi connectivity index (χ4v) is 4.22. The van der Waals surface area contributed by atoms with Crippen LogP contribution in [-0.2, 0) is 0 Å². The Morgan fingerprint density at radius 1 is 1.35 bits per heavy atom. The maximum Gasteiger partial charge on any atom is 0.263 e. The summed E-state index contributed by atoms with van der Waals surface area (Å²) in [5, 5.41) is 3.55. The minimum Gasteiger partial charge on any atom is -0.347 e. The van der Waals surface area contributed by atoms with E-state index in [2.05, 4.69) is 20.2 Å². The van der Waals surface area contributed by atoms with Crippen molar-refractivity contribution in [3.05, 3.63) is 35.2 Å². The number of halogens is 1. The molecule has 1 amide bonds. The van der Waals surface area contributed by atoms with E-state index in [-0.39, 0.29) is 17.6 Å². The van der Waals surface area contributed by atoms with Crippen molar-refractivity contribution in [1.82, 2.24) is 20.2 Å². The quantitative estimate of drug-likeness (QED) is 0.936. The molecule has 3 aliphatic rings. The first kappa shape index (κ1) is 14.7. The molecule has 23 heavy (non-hydrogen) atoms. The molecule has 3 aliphatic heterocycles. The van der Waals surface area contributed by atoms with E-state index in [0.29, 0.717) is 15.8 Å². The number of aromatic nitrogens is 2. The second kappa shape index (κ2) is 5.98. The van der Waals surface area contributed by atoms with Crippen LogP contribution in [0.2, 0.25) is 0 Å². The van der Waals surface area contributed by atoms with Gasteiger partial charge in [-0.3, -0.25) is 9.78 Å². The lowest BCUT2D eigenvalue weighted by Crippen LogP contribution is -2.57. The smallest absolute Gasteiger partial charge is 0.263 e. The highest BCUT2D eigenvalue weighted by Crippen LogP contribution is 2.29. The van der Waals surface area contributed by atoms with Crippen molar-refractivity contribution in [3.63, 3.8) is 0 Å². The Balaban J connectivity index is 1.48. The maximum atomic E-state index is 13.8. The van der Waals surface area contributed by atoms with Crippen LogP contribution >= 0.6 is 11.3 Å². The maximum absolute atomic E-state index is 13.8. The Morgan fingerprint density at radius 3 is 2.87 bits per heavy atom. The van der Waals surface area contributed by atoms with Crippen molar-refractivity contribution in [2.24, 2.45) is 5.92 Å². The van der Waals surface area contributed by atoms with Gasteiger partial charge in [-0.1, -0.05) is 0 Å². The molecule has 0 aliphatic carbocycles. The molecular formula is C16H17FN4OS. The van der Waals surface area contributed by atoms with E-state index in [1.54, 1.807) is 0 Å². The van der Waals surface area contributed by atoms with Crippen LogP contribution in [0.3, 0.4) is 0 Å². The van der Waals surface area contributed by atoms with Gasteiger partial charge in [0.1, 0.15) is 15.6 Å². The van der Waals surface area contributed by atoms with Gasteiger partial charge in [-0.2, -0.15) is 0 Å². The molecule has 2 bridgehead atoms. The van der Waals surface area contributed by atoms with Gasteiger partial charge in [-0.05, 0) is 44.0 Å². The third-order valence-corrected chi connectivity index (χ3v) is 5.67. The lowest BCUT2D eigenvalue weighted by molar-refractivity contribution is 0.0622. The molecule has 2 aromatic heterocycles. The minimum atomic E-state index is -0.425. The third kappa shape index (κ3) is 2.86. The van der Waals surface area contributed by atoms with Gasteiger partial charge in [0.25, 0.3) is 5.91 Å². The van der Waals surface area contributed by atoms with Crippen molar-refractivity contribution in [2.75, 3.05) is 19.6 Å². The topological polar surface area (TPSA) is 58.1 Å². The number of carbonyl (C=O) groups is 1. The average molecular weight is 332 g/mol. The highest BCUT2D eigenvalue weighted by atomic mass is 32.1. The van der Waals surface area contributed by atoms with Crippen LogP contribution in [0.25, 0.3) is 10.7 Å². The fraction of sp³-hybridized carbons (Fsp3) is 0.438. The van der Waals surface area contributed by atoms with Crippen molar-refractivity contribution in [2.45, 2.75) is 18.9 Å². The summed E-state index contributed by atoms with van der Waals surface area (Å²) in [6.45, 7) is 3.21. The molecule has 3 saturated heterocycles. The summed E-state index contributed by atoms with van der Waals surface area (Å²) in [5.74, 6) is 0.0274. The standard InChI is InChI=1S/C16H17FN4OS/c17-11-2-1-5-18-14(11)16-19-8-13(23-16)15(22)20-12-9-21-6-3-10(12)4-7-21/h1-2,5,8,10,12H,3-4,6-7,9H2,(H,20,22)/t12-/m0/s1. The lowest BCUT2D eigenvalue weighted by Gasteiger charge is -2.44. The Kier molecular flexibility index (Phi) is 3.82. The zero-order valence-electron chi connectivity index (χ0n) is 12.5. The molecule has 5 rings (SSSR count). The Morgan fingerprint density at radius 2 is 2.17 bits per heavy atom. The summed E-state index contributed by atoms with van der Waals surface area (Å²) < 4.78 is 13.8. The van der Waals surface area contributed by atoms with Gasteiger partial charge in [-0.25, -0.2) is 9.37 Å². The average Bonchev–Trinajstić information content (AvgIpc) is 3.06. The minimum absolute atomic E-state index is 0.121. The summed E-state index contributed by atoms with van der Waals surface area (Å²) >= 11 is 1.18.